The smallest absolute Gasteiger partial charge is 0.407 e. The summed E-state index contributed by atoms with van der Waals surface area (Å²) in [5.41, 5.74) is 1.57. The molecule has 21 heavy (non-hydrogen) atoms. The molecule has 0 aromatic heterocycles. The van der Waals surface area contributed by atoms with Gasteiger partial charge in [0.1, 0.15) is 6.61 Å². The van der Waals surface area contributed by atoms with Crippen LogP contribution in [0.3, 0.4) is 0 Å². The number of hydrogen-bond donors (Lipinski definition) is 1. The number of hydrogen-bond acceptors (Lipinski definition) is 3. The highest BCUT2D eigenvalue weighted by Gasteiger charge is 2.07. The van der Waals surface area contributed by atoms with Gasteiger partial charge in [-0.3, -0.25) is 4.79 Å². The van der Waals surface area contributed by atoms with E-state index in [0.29, 0.717) is 5.56 Å². The summed E-state index contributed by atoms with van der Waals surface area (Å²) in [6.45, 7) is 0.487. The van der Waals surface area contributed by atoms with Crippen LogP contribution in [0.5, 0.6) is 0 Å². The van der Waals surface area contributed by atoms with Crippen LogP contribution in [-0.2, 0) is 11.3 Å². The van der Waals surface area contributed by atoms with Crippen LogP contribution in [-0.4, -0.2) is 18.4 Å². The Hall–Kier alpha value is -2.62. The van der Waals surface area contributed by atoms with Crippen molar-refractivity contribution in [1.82, 2.24) is 5.32 Å². The molecule has 0 saturated carbocycles. The summed E-state index contributed by atoms with van der Waals surface area (Å²) in [6.07, 6.45) is -0.260. The Morgan fingerprint density at radius 2 is 1.52 bits per heavy atom. The van der Waals surface area contributed by atoms with E-state index in [9.17, 15) is 9.59 Å². The summed E-state index contributed by atoms with van der Waals surface area (Å²) in [5.74, 6) is -0.000964. The summed E-state index contributed by atoms with van der Waals surface area (Å²) >= 11 is 0. The van der Waals surface area contributed by atoms with Crippen molar-refractivity contribution < 1.29 is 14.3 Å². The van der Waals surface area contributed by atoms with E-state index in [1.807, 2.05) is 48.5 Å². The molecule has 0 atom stereocenters. The van der Waals surface area contributed by atoms with Crippen molar-refractivity contribution in [2.24, 2.45) is 0 Å². The third-order valence-electron chi connectivity index (χ3n) is 2.93. The van der Waals surface area contributed by atoms with E-state index in [0.717, 1.165) is 5.56 Å². The second-order valence-electron chi connectivity index (χ2n) is 4.53. The minimum Gasteiger partial charge on any atom is -0.445 e. The number of benzene rings is 2. The molecule has 0 unspecified atom stereocenters. The van der Waals surface area contributed by atoms with Gasteiger partial charge in [0.25, 0.3) is 0 Å². The fourth-order valence-electron chi connectivity index (χ4n) is 1.82. The Morgan fingerprint density at radius 3 is 2.19 bits per heavy atom. The van der Waals surface area contributed by atoms with Gasteiger partial charge >= 0.3 is 6.09 Å². The monoisotopic (exact) mass is 283 g/mol. The maximum atomic E-state index is 11.8. The van der Waals surface area contributed by atoms with Crippen LogP contribution in [0.2, 0.25) is 0 Å². The Kier molecular flexibility index (Phi) is 5.52. The number of ether oxygens (including phenoxy) is 1. The van der Waals surface area contributed by atoms with E-state index < -0.39 is 6.09 Å². The number of nitrogens with one attached hydrogen (secondary N) is 1. The Bertz CT molecular complexity index is 581. The molecule has 0 spiro atoms. The highest BCUT2D eigenvalue weighted by molar-refractivity contribution is 5.96. The van der Waals surface area contributed by atoms with Gasteiger partial charge in [0, 0.05) is 18.5 Å². The number of Topliss-reactive ketones (excluding diaryl/α,β-unsaturated/α-hetero) is 1. The van der Waals surface area contributed by atoms with Crippen LogP contribution in [0.25, 0.3) is 0 Å². The van der Waals surface area contributed by atoms with Crippen LogP contribution in [0.4, 0.5) is 4.79 Å². The predicted molar refractivity (Wildman–Crippen MR) is 80.0 cm³/mol. The molecule has 4 heteroatoms. The van der Waals surface area contributed by atoms with Crippen molar-refractivity contribution in [3.63, 3.8) is 0 Å². The van der Waals surface area contributed by atoms with Gasteiger partial charge in [-0.25, -0.2) is 4.79 Å². The second kappa shape index (κ2) is 7.85. The van der Waals surface area contributed by atoms with Gasteiger partial charge in [-0.1, -0.05) is 60.7 Å². The molecule has 4 nitrogen and oxygen atoms in total. The highest BCUT2D eigenvalue weighted by atomic mass is 16.5. The summed E-state index contributed by atoms with van der Waals surface area (Å²) in [4.78, 5) is 23.3. The summed E-state index contributed by atoms with van der Waals surface area (Å²) in [7, 11) is 0. The second-order valence-corrected chi connectivity index (χ2v) is 4.53. The molecule has 0 fully saturated rings. The predicted octanol–water partition coefficient (Wildman–Crippen LogP) is 3.19. The van der Waals surface area contributed by atoms with Gasteiger partial charge in [0.2, 0.25) is 0 Å². The average molecular weight is 283 g/mol. The van der Waals surface area contributed by atoms with E-state index >= 15 is 0 Å². The van der Waals surface area contributed by atoms with Gasteiger partial charge in [-0.05, 0) is 5.56 Å². The van der Waals surface area contributed by atoms with Crippen molar-refractivity contribution in [2.45, 2.75) is 13.0 Å². The topological polar surface area (TPSA) is 55.4 Å². The number of carbonyl (C=O) groups excluding carboxylic acids is 2. The molecular weight excluding hydrogens is 266 g/mol. The summed E-state index contributed by atoms with van der Waals surface area (Å²) < 4.78 is 5.05. The van der Waals surface area contributed by atoms with E-state index in [4.69, 9.17) is 4.74 Å². The molecular formula is C17H17NO3. The maximum absolute atomic E-state index is 11.8. The average Bonchev–Trinajstić information content (AvgIpc) is 2.54. The molecule has 2 rings (SSSR count). The lowest BCUT2D eigenvalue weighted by Crippen LogP contribution is -2.26. The van der Waals surface area contributed by atoms with Crippen LogP contribution in [0, 0.1) is 0 Å². The van der Waals surface area contributed by atoms with Gasteiger partial charge in [0.15, 0.2) is 5.78 Å². The van der Waals surface area contributed by atoms with Crippen molar-refractivity contribution >= 4 is 11.9 Å². The molecule has 1 N–H and O–H groups in total. The molecule has 108 valence electrons. The fourth-order valence-corrected chi connectivity index (χ4v) is 1.82. The van der Waals surface area contributed by atoms with Crippen LogP contribution >= 0.6 is 0 Å². The molecule has 0 aliphatic carbocycles. The standard InChI is InChI=1S/C17H17NO3/c19-16(15-9-5-2-6-10-15)11-12-18-17(20)21-13-14-7-3-1-4-8-14/h1-10H,11-13H2,(H,18,20). The Balaban J connectivity index is 1.66. The van der Waals surface area contributed by atoms with E-state index in [-0.39, 0.29) is 25.4 Å². The third-order valence-corrected chi connectivity index (χ3v) is 2.93. The number of carbonyl (C=O) groups is 2. The lowest BCUT2D eigenvalue weighted by molar-refractivity contribution is 0.0980. The van der Waals surface area contributed by atoms with E-state index in [1.165, 1.54) is 0 Å². The van der Waals surface area contributed by atoms with E-state index in [1.54, 1.807) is 12.1 Å². The first-order valence-corrected chi connectivity index (χ1v) is 6.78. The van der Waals surface area contributed by atoms with Crippen molar-refractivity contribution in [3.8, 4) is 0 Å². The largest absolute Gasteiger partial charge is 0.445 e. The molecule has 2 aromatic rings. The zero-order valence-corrected chi connectivity index (χ0v) is 11.6. The van der Waals surface area contributed by atoms with Gasteiger partial charge in [0.05, 0.1) is 0 Å². The van der Waals surface area contributed by atoms with Crippen molar-refractivity contribution in [3.05, 3.63) is 71.8 Å². The van der Waals surface area contributed by atoms with E-state index in [2.05, 4.69) is 5.32 Å². The highest BCUT2D eigenvalue weighted by Crippen LogP contribution is 2.03. The molecule has 0 aliphatic heterocycles. The quantitative estimate of drug-likeness (QED) is 0.828. The van der Waals surface area contributed by atoms with Crippen LogP contribution in [0.15, 0.2) is 60.7 Å². The fraction of sp³-hybridized carbons (Fsp3) is 0.176. The van der Waals surface area contributed by atoms with Crippen molar-refractivity contribution in [1.29, 1.82) is 0 Å². The summed E-state index contributed by atoms with van der Waals surface area (Å²) in [5, 5.41) is 2.57. The first kappa shape index (κ1) is 14.8. The van der Waals surface area contributed by atoms with Crippen molar-refractivity contribution in [2.75, 3.05) is 6.54 Å². The number of rotatable bonds is 6. The minimum atomic E-state index is -0.514. The lowest BCUT2D eigenvalue weighted by Gasteiger charge is -2.06. The molecule has 1 amide bonds. The van der Waals surface area contributed by atoms with Gasteiger partial charge < -0.3 is 10.1 Å². The van der Waals surface area contributed by atoms with Gasteiger partial charge in [-0.2, -0.15) is 0 Å². The third kappa shape index (κ3) is 5.10. The Labute approximate surface area is 123 Å². The van der Waals surface area contributed by atoms with Gasteiger partial charge in [-0.15, -0.1) is 0 Å². The Morgan fingerprint density at radius 1 is 0.905 bits per heavy atom. The zero-order chi connectivity index (χ0) is 14.9. The molecule has 2 aromatic carbocycles. The lowest BCUT2D eigenvalue weighted by atomic mass is 10.1. The minimum absolute atomic E-state index is 0.000964. The number of ketones is 1. The molecule has 0 saturated heterocycles. The number of alkyl carbamates (subject to hydrolysis) is 1. The SMILES string of the molecule is O=C(NCCC(=O)c1ccccc1)OCc1ccccc1. The maximum Gasteiger partial charge on any atom is 0.407 e. The van der Waals surface area contributed by atoms with Crippen LogP contribution < -0.4 is 5.32 Å². The molecule has 0 radical (unpaired) electrons. The first-order valence-electron chi connectivity index (χ1n) is 6.78. The molecule has 0 bridgehead atoms. The molecule has 0 aliphatic rings. The number of amides is 1. The van der Waals surface area contributed by atoms with Crippen LogP contribution in [0.1, 0.15) is 22.3 Å². The normalized spacial score (nSPS) is 9.90. The zero-order valence-electron chi connectivity index (χ0n) is 11.6. The molecule has 0 heterocycles. The summed E-state index contributed by atoms with van der Waals surface area (Å²) in [6, 6.07) is 18.4. The first-order chi connectivity index (χ1) is 10.3.